The van der Waals surface area contributed by atoms with Gasteiger partial charge in [-0.15, -0.1) is 5.75 Å². The Kier molecular flexibility index (Phi) is 5.36. The Morgan fingerprint density at radius 1 is 1.28 bits per heavy atom. The molecule has 0 amide bonds. The molecule has 18 heavy (non-hydrogen) atoms. The van der Waals surface area contributed by atoms with Crippen LogP contribution in [0.2, 0.25) is 0 Å². The second-order valence-electron chi connectivity index (χ2n) is 4.39. The molecule has 4 nitrogen and oxygen atoms in total. The first-order valence-electron chi connectivity index (χ1n) is 6.03. The lowest BCUT2D eigenvalue weighted by atomic mass is 9.95. The first-order chi connectivity index (χ1) is 8.52. The second kappa shape index (κ2) is 6.79. The number of carbonyl (C=O) groups is 2. The standard InChI is InChI=1S/C14H18O4/c1-2-3-11(14(17)18)9-13(16)8-10-4-6-12(15)7-5-10/h4-7,11,15H,2-3,8-9H2,1H3,(H,17,18)/p-1/t11-/m0/s1. The van der Waals surface area contributed by atoms with E-state index in [4.69, 9.17) is 5.11 Å². The Morgan fingerprint density at radius 2 is 1.89 bits per heavy atom. The van der Waals surface area contributed by atoms with Crippen LogP contribution in [-0.2, 0) is 16.0 Å². The Labute approximate surface area is 106 Å². The predicted octanol–water partition coefficient (Wildman–Crippen LogP) is 1.76. The zero-order chi connectivity index (χ0) is 13.5. The van der Waals surface area contributed by atoms with Crippen LogP contribution in [0.4, 0.5) is 0 Å². The number of aliphatic carboxylic acids is 1. The molecule has 0 bridgehead atoms. The summed E-state index contributed by atoms with van der Waals surface area (Å²) in [5.74, 6) is -1.71. The number of benzene rings is 1. The molecule has 0 aliphatic heterocycles. The van der Waals surface area contributed by atoms with E-state index in [1.54, 1.807) is 12.1 Å². The molecule has 98 valence electrons. The molecule has 1 aromatic carbocycles. The molecule has 0 spiro atoms. The van der Waals surface area contributed by atoms with Crippen molar-refractivity contribution in [3.8, 4) is 5.75 Å². The van der Waals surface area contributed by atoms with Gasteiger partial charge in [0.2, 0.25) is 0 Å². The van der Waals surface area contributed by atoms with Gasteiger partial charge in [-0.1, -0.05) is 37.6 Å². The lowest BCUT2D eigenvalue weighted by molar-refractivity contribution is -0.268. The van der Waals surface area contributed by atoms with E-state index in [0.29, 0.717) is 6.42 Å². The summed E-state index contributed by atoms with van der Waals surface area (Å²) >= 11 is 0. The van der Waals surface area contributed by atoms with Crippen LogP contribution >= 0.6 is 0 Å². The van der Waals surface area contributed by atoms with Gasteiger partial charge in [-0.25, -0.2) is 0 Å². The third kappa shape index (κ3) is 4.57. The molecule has 0 fully saturated rings. The van der Waals surface area contributed by atoms with E-state index in [-0.39, 0.29) is 24.4 Å². The van der Waals surface area contributed by atoms with Crippen LogP contribution < -0.4 is 5.11 Å². The van der Waals surface area contributed by atoms with Crippen LogP contribution in [0.1, 0.15) is 31.7 Å². The van der Waals surface area contributed by atoms with E-state index in [1.165, 1.54) is 12.1 Å². The van der Waals surface area contributed by atoms with Gasteiger partial charge in [0.25, 0.3) is 0 Å². The summed E-state index contributed by atoms with van der Waals surface area (Å²) in [5, 5.41) is 19.9. The van der Waals surface area contributed by atoms with Crippen LogP contribution in [0.15, 0.2) is 24.3 Å². The van der Waals surface area contributed by atoms with E-state index in [2.05, 4.69) is 0 Å². The summed E-state index contributed by atoms with van der Waals surface area (Å²) in [6.45, 7) is 1.90. The number of Topliss-reactive ketones (excluding diaryl/α,β-unsaturated/α-hetero) is 1. The van der Waals surface area contributed by atoms with Crippen molar-refractivity contribution in [2.45, 2.75) is 32.6 Å². The topological polar surface area (TPSA) is 77.4 Å². The molecule has 1 N–H and O–H groups in total. The van der Waals surface area contributed by atoms with E-state index >= 15 is 0 Å². The maximum absolute atomic E-state index is 11.7. The zero-order valence-electron chi connectivity index (χ0n) is 10.4. The molecule has 4 heteroatoms. The van der Waals surface area contributed by atoms with Gasteiger partial charge in [-0.05, 0) is 12.0 Å². The number of ketones is 1. The van der Waals surface area contributed by atoms with Gasteiger partial charge in [0, 0.05) is 12.8 Å². The fourth-order valence-electron chi connectivity index (χ4n) is 1.84. The van der Waals surface area contributed by atoms with Gasteiger partial charge < -0.3 is 10.2 Å². The fourth-order valence-corrected chi connectivity index (χ4v) is 1.84. The van der Waals surface area contributed by atoms with E-state index < -0.39 is 11.9 Å². The lowest BCUT2D eigenvalue weighted by Gasteiger charge is -2.10. The minimum Gasteiger partial charge on any atom is -0.872 e. The first kappa shape index (κ1) is 14.2. The Morgan fingerprint density at radius 3 is 2.39 bits per heavy atom. The van der Waals surface area contributed by atoms with Crippen LogP contribution in [-0.4, -0.2) is 16.9 Å². The first-order valence-corrected chi connectivity index (χ1v) is 6.03. The summed E-state index contributed by atoms with van der Waals surface area (Å²) in [6.07, 6.45) is 1.51. The third-order valence-corrected chi connectivity index (χ3v) is 2.79. The van der Waals surface area contributed by atoms with E-state index in [9.17, 15) is 14.7 Å². The Bertz CT molecular complexity index is 408. The van der Waals surface area contributed by atoms with Crippen molar-refractivity contribution < 1.29 is 19.8 Å². The number of hydrogen-bond donors (Lipinski definition) is 1. The molecule has 0 radical (unpaired) electrons. The average Bonchev–Trinajstić information content (AvgIpc) is 2.31. The van der Waals surface area contributed by atoms with Crippen molar-refractivity contribution in [2.24, 2.45) is 5.92 Å². The van der Waals surface area contributed by atoms with Gasteiger partial charge in [0.05, 0.1) is 5.92 Å². The third-order valence-electron chi connectivity index (χ3n) is 2.79. The van der Waals surface area contributed by atoms with Crippen molar-refractivity contribution in [3.05, 3.63) is 29.8 Å². The number of carbonyl (C=O) groups excluding carboxylic acids is 1. The summed E-state index contributed by atoms with van der Waals surface area (Å²) in [5.41, 5.74) is 0.750. The molecule has 0 saturated carbocycles. The number of carboxylic acids is 1. The summed E-state index contributed by atoms with van der Waals surface area (Å²) in [7, 11) is 0. The maximum atomic E-state index is 11.7. The SMILES string of the molecule is CCC[C@@H](CC(=O)Cc1ccc([O-])cc1)C(=O)O. The minimum atomic E-state index is -0.917. The Hall–Kier alpha value is -1.84. The molecule has 0 unspecified atom stereocenters. The lowest BCUT2D eigenvalue weighted by Crippen LogP contribution is -2.18. The van der Waals surface area contributed by atoms with Crippen molar-refractivity contribution in [2.75, 3.05) is 0 Å². The molecule has 1 aromatic rings. The molecular weight excluding hydrogens is 232 g/mol. The van der Waals surface area contributed by atoms with Crippen LogP contribution in [0.25, 0.3) is 0 Å². The van der Waals surface area contributed by atoms with Crippen molar-refractivity contribution in [1.82, 2.24) is 0 Å². The summed E-state index contributed by atoms with van der Waals surface area (Å²) in [4.78, 5) is 22.7. The molecule has 0 heterocycles. The molecule has 1 atom stereocenters. The van der Waals surface area contributed by atoms with Crippen molar-refractivity contribution >= 4 is 11.8 Å². The van der Waals surface area contributed by atoms with Gasteiger partial charge in [0.15, 0.2) is 0 Å². The molecule has 0 saturated heterocycles. The molecular formula is C14H17O4-. The molecule has 0 aliphatic rings. The Balaban J connectivity index is 2.54. The van der Waals surface area contributed by atoms with E-state index in [1.807, 2.05) is 6.92 Å². The molecule has 1 rings (SSSR count). The molecule has 0 aromatic heterocycles. The quantitative estimate of drug-likeness (QED) is 0.798. The number of hydrogen-bond acceptors (Lipinski definition) is 3. The van der Waals surface area contributed by atoms with Crippen LogP contribution in [0, 0.1) is 5.92 Å². The molecule has 0 aliphatic carbocycles. The normalized spacial score (nSPS) is 12.1. The highest BCUT2D eigenvalue weighted by molar-refractivity contribution is 5.85. The zero-order valence-corrected chi connectivity index (χ0v) is 10.4. The van der Waals surface area contributed by atoms with Gasteiger partial charge >= 0.3 is 5.97 Å². The monoisotopic (exact) mass is 249 g/mol. The summed E-state index contributed by atoms with van der Waals surface area (Å²) < 4.78 is 0. The van der Waals surface area contributed by atoms with Crippen LogP contribution in [0.3, 0.4) is 0 Å². The van der Waals surface area contributed by atoms with Gasteiger partial charge in [0.1, 0.15) is 5.78 Å². The number of rotatable bonds is 7. The maximum Gasteiger partial charge on any atom is 0.306 e. The predicted molar refractivity (Wildman–Crippen MR) is 65.2 cm³/mol. The highest BCUT2D eigenvalue weighted by Crippen LogP contribution is 2.15. The van der Waals surface area contributed by atoms with Gasteiger partial charge in [-0.2, -0.15) is 0 Å². The smallest absolute Gasteiger partial charge is 0.306 e. The van der Waals surface area contributed by atoms with Crippen molar-refractivity contribution in [1.29, 1.82) is 0 Å². The summed E-state index contributed by atoms with van der Waals surface area (Å²) in [6, 6.07) is 6.03. The van der Waals surface area contributed by atoms with E-state index in [0.717, 1.165) is 12.0 Å². The largest absolute Gasteiger partial charge is 0.872 e. The highest BCUT2D eigenvalue weighted by atomic mass is 16.4. The highest BCUT2D eigenvalue weighted by Gasteiger charge is 2.20. The second-order valence-corrected chi connectivity index (χ2v) is 4.39. The van der Waals surface area contributed by atoms with Gasteiger partial charge in [-0.3, -0.25) is 9.59 Å². The minimum absolute atomic E-state index is 0.0578. The van der Waals surface area contributed by atoms with Crippen LogP contribution in [0.5, 0.6) is 5.75 Å². The number of carboxylic acid groups (broad SMARTS) is 1. The average molecular weight is 249 g/mol. The van der Waals surface area contributed by atoms with Crippen molar-refractivity contribution in [3.63, 3.8) is 0 Å². The fraction of sp³-hybridized carbons (Fsp3) is 0.429.